The molecular formula is C38H64F3NO7. The molecule has 0 bridgehead atoms. The van der Waals surface area contributed by atoms with E-state index in [2.05, 4.69) is 19.2 Å². The van der Waals surface area contributed by atoms with E-state index in [1.807, 2.05) is 6.92 Å². The van der Waals surface area contributed by atoms with Crippen molar-refractivity contribution < 1.29 is 47.4 Å². The molecule has 8 nitrogen and oxygen atoms in total. The van der Waals surface area contributed by atoms with Crippen LogP contribution in [0.3, 0.4) is 0 Å². The molecule has 0 amide bonds. The molecule has 14 unspecified atom stereocenters. The van der Waals surface area contributed by atoms with Crippen LogP contribution in [0.25, 0.3) is 0 Å². The van der Waals surface area contributed by atoms with Gasteiger partial charge >= 0.3 is 6.18 Å². The highest BCUT2D eigenvalue weighted by Gasteiger charge is 2.62. The maximum atomic E-state index is 12.6. The van der Waals surface area contributed by atoms with Gasteiger partial charge in [0.25, 0.3) is 0 Å². The molecule has 6 rings (SSSR count). The van der Waals surface area contributed by atoms with Crippen LogP contribution in [0, 0.1) is 46.3 Å². The number of hydrogen-bond donors (Lipinski definition) is 4. The fraction of sp³-hybridized carbons (Fsp3) is 1.00. The molecule has 0 radical (unpaired) electrons. The number of aliphatic hydroxyl groups is 3. The highest BCUT2D eigenvalue weighted by atomic mass is 19.4. The Morgan fingerprint density at radius 2 is 1.55 bits per heavy atom. The monoisotopic (exact) mass is 703 g/mol. The Morgan fingerprint density at radius 3 is 2.33 bits per heavy atom. The van der Waals surface area contributed by atoms with Crippen molar-refractivity contribution in [2.45, 2.75) is 166 Å². The van der Waals surface area contributed by atoms with Gasteiger partial charge in [-0.1, -0.05) is 33.6 Å². The number of hydrogen-bond acceptors (Lipinski definition) is 8. The van der Waals surface area contributed by atoms with Crippen molar-refractivity contribution in [3.63, 3.8) is 0 Å². The minimum atomic E-state index is -4.18. The van der Waals surface area contributed by atoms with Crippen molar-refractivity contribution >= 4 is 0 Å². The van der Waals surface area contributed by atoms with Crippen LogP contribution < -0.4 is 5.32 Å². The summed E-state index contributed by atoms with van der Waals surface area (Å²) in [5, 5.41) is 33.9. The molecule has 11 heteroatoms. The third-order valence-corrected chi connectivity index (χ3v) is 14.3. The second-order valence-corrected chi connectivity index (χ2v) is 17.5. The van der Waals surface area contributed by atoms with Gasteiger partial charge in [0.2, 0.25) is 0 Å². The summed E-state index contributed by atoms with van der Waals surface area (Å²) in [5.41, 5.74) is 0.426. The lowest BCUT2D eigenvalue weighted by Crippen LogP contribution is -2.54. The number of unbranched alkanes of at least 4 members (excludes halogenated alkanes) is 1. The van der Waals surface area contributed by atoms with E-state index in [0.717, 1.165) is 51.4 Å². The van der Waals surface area contributed by atoms with Crippen molar-refractivity contribution in [2.75, 3.05) is 26.3 Å². The fourth-order valence-corrected chi connectivity index (χ4v) is 11.6. The quantitative estimate of drug-likeness (QED) is 0.175. The Kier molecular flexibility index (Phi) is 12.3. The Hall–Kier alpha value is -0.530. The van der Waals surface area contributed by atoms with E-state index in [9.17, 15) is 28.5 Å². The summed E-state index contributed by atoms with van der Waals surface area (Å²) in [6, 6.07) is 0. The molecular weight excluding hydrogens is 639 g/mol. The lowest BCUT2D eigenvalue weighted by atomic mass is 9.44. The third-order valence-electron chi connectivity index (χ3n) is 14.3. The summed E-state index contributed by atoms with van der Waals surface area (Å²) in [4.78, 5) is 0. The lowest BCUT2D eigenvalue weighted by Gasteiger charge is -2.61. The van der Waals surface area contributed by atoms with Gasteiger partial charge in [-0.3, -0.25) is 0 Å². The van der Waals surface area contributed by atoms with Crippen LogP contribution in [0.1, 0.15) is 117 Å². The molecule has 4 N–H and O–H groups in total. The topological polar surface area (TPSA) is 110 Å². The minimum Gasteiger partial charge on any atom is -0.393 e. The van der Waals surface area contributed by atoms with Crippen LogP contribution >= 0.6 is 0 Å². The van der Waals surface area contributed by atoms with Gasteiger partial charge in [0.15, 0.2) is 12.6 Å². The lowest BCUT2D eigenvalue weighted by molar-refractivity contribution is -0.281. The Morgan fingerprint density at radius 1 is 0.816 bits per heavy atom. The second-order valence-electron chi connectivity index (χ2n) is 17.5. The normalized spacial score (nSPS) is 46.5. The Balaban J connectivity index is 1.12. The molecule has 6 fully saturated rings. The van der Waals surface area contributed by atoms with E-state index in [0.29, 0.717) is 62.0 Å². The molecule has 0 spiro atoms. The molecule has 0 aromatic carbocycles. The second kappa shape index (κ2) is 15.8. The molecule has 2 aliphatic heterocycles. The number of aliphatic hydroxyl groups excluding tert-OH is 3. The molecule has 4 aliphatic carbocycles. The van der Waals surface area contributed by atoms with E-state index >= 15 is 0 Å². The minimum absolute atomic E-state index is 0.0204. The van der Waals surface area contributed by atoms with E-state index in [1.165, 1.54) is 25.7 Å². The van der Waals surface area contributed by atoms with Crippen LogP contribution in [-0.4, -0.2) is 90.9 Å². The summed E-state index contributed by atoms with van der Waals surface area (Å²) in [5.74, 6) is 3.00. The SMILES string of the molecule is CC(CCCC[C@H]1C(OC2CC(OC3CC(O)CCO3)C(O)CO2)CC2C3CCC4CC(O)CCC4(C)C3CCC21C)CNCC(F)(F)F. The first-order valence-electron chi connectivity index (χ1n) is 19.6. The van der Waals surface area contributed by atoms with Gasteiger partial charge in [0.1, 0.15) is 6.10 Å². The summed E-state index contributed by atoms with van der Waals surface area (Å²) < 4.78 is 62.8. The highest BCUT2D eigenvalue weighted by molar-refractivity contribution is 5.11. The first-order chi connectivity index (χ1) is 23.2. The third kappa shape index (κ3) is 8.82. The molecule has 15 atom stereocenters. The maximum Gasteiger partial charge on any atom is 0.401 e. The summed E-state index contributed by atoms with van der Waals surface area (Å²) in [7, 11) is 0. The van der Waals surface area contributed by atoms with E-state index < -0.39 is 43.6 Å². The molecule has 0 aromatic heterocycles. The van der Waals surface area contributed by atoms with Gasteiger partial charge in [-0.05, 0) is 124 Å². The molecule has 2 saturated heterocycles. The van der Waals surface area contributed by atoms with E-state index in [4.69, 9.17) is 18.9 Å². The molecule has 4 saturated carbocycles. The van der Waals surface area contributed by atoms with Gasteiger partial charge in [-0.2, -0.15) is 13.2 Å². The zero-order chi connectivity index (χ0) is 35.0. The zero-order valence-corrected chi connectivity index (χ0v) is 30.0. The zero-order valence-electron chi connectivity index (χ0n) is 30.0. The standard InChI is InChI=1S/C38H64F3NO7/c1-23(20-42-22-38(39,40)41)6-4-5-7-29-32(48-35-19-33(31(45)21-47-35)49-34-17-26(44)12-15-46-34)18-30-27-9-8-24-16-25(43)10-13-36(24,2)28(27)11-14-37(29,30)3/h23-35,42-45H,4-22H2,1-3H3/t23?,24?,25?,26?,27?,28?,29-,30?,31?,32?,33?,34?,35?,36?,37?/m0/s1. The number of rotatable bonds is 12. The van der Waals surface area contributed by atoms with Crippen molar-refractivity contribution in [3.05, 3.63) is 0 Å². The molecule has 284 valence electrons. The van der Waals surface area contributed by atoms with Crippen LogP contribution in [-0.2, 0) is 18.9 Å². The number of nitrogens with one attached hydrogen (secondary N) is 1. The molecule has 2 heterocycles. The van der Waals surface area contributed by atoms with Gasteiger partial charge < -0.3 is 39.6 Å². The predicted molar refractivity (Wildman–Crippen MR) is 178 cm³/mol. The van der Waals surface area contributed by atoms with Crippen LogP contribution in [0.5, 0.6) is 0 Å². The van der Waals surface area contributed by atoms with Gasteiger partial charge in [-0.25, -0.2) is 0 Å². The highest BCUT2D eigenvalue weighted by Crippen LogP contribution is 2.68. The van der Waals surface area contributed by atoms with Gasteiger partial charge in [-0.15, -0.1) is 0 Å². The number of alkyl halides is 3. The number of halogens is 3. The Labute approximate surface area is 291 Å². The fourth-order valence-electron chi connectivity index (χ4n) is 11.6. The Bertz CT molecular complexity index is 1070. The average molecular weight is 704 g/mol. The van der Waals surface area contributed by atoms with Crippen LogP contribution in [0.2, 0.25) is 0 Å². The first kappa shape index (κ1) is 38.2. The van der Waals surface area contributed by atoms with Crippen molar-refractivity contribution in [1.29, 1.82) is 0 Å². The van der Waals surface area contributed by atoms with E-state index in [1.54, 1.807) is 0 Å². The molecule has 49 heavy (non-hydrogen) atoms. The van der Waals surface area contributed by atoms with Crippen molar-refractivity contribution in [1.82, 2.24) is 5.32 Å². The first-order valence-corrected chi connectivity index (χ1v) is 19.6. The van der Waals surface area contributed by atoms with Crippen molar-refractivity contribution in [2.24, 2.45) is 46.3 Å². The summed E-state index contributed by atoms with van der Waals surface area (Å²) >= 11 is 0. The van der Waals surface area contributed by atoms with E-state index in [-0.39, 0.29) is 35.6 Å². The van der Waals surface area contributed by atoms with Crippen molar-refractivity contribution in [3.8, 4) is 0 Å². The average Bonchev–Trinajstić information content (AvgIpc) is 3.31. The number of fused-ring (bicyclic) bond motifs is 5. The summed E-state index contributed by atoms with van der Waals surface area (Å²) in [6.45, 7) is 7.03. The summed E-state index contributed by atoms with van der Waals surface area (Å²) in [6.07, 6.45) is 6.91. The number of ether oxygens (including phenoxy) is 4. The van der Waals surface area contributed by atoms with Crippen LogP contribution in [0.15, 0.2) is 0 Å². The van der Waals surface area contributed by atoms with Crippen LogP contribution in [0.4, 0.5) is 13.2 Å². The van der Waals surface area contributed by atoms with Gasteiger partial charge in [0.05, 0.1) is 44.2 Å². The molecule has 6 aliphatic rings. The molecule has 0 aromatic rings. The van der Waals surface area contributed by atoms with Gasteiger partial charge in [0, 0.05) is 12.8 Å². The largest absolute Gasteiger partial charge is 0.401 e. The smallest absolute Gasteiger partial charge is 0.393 e. The predicted octanol–water partition coefficient (Wildman–Crippen LogP) is 6.34. The maximum absolute atomic E-state index is 12.6.